The molecule has 4 nitrogen and oxygen atoms in total. The fraction of sp³-hybridized carbons (Fsp3) is 0.600. The van der Waals surface area contributed by atoms with Crippen LogP contribution in [0.25, 0.3) is 0 Å². The van der Waals surface area contributed by atoms with Crippen molar-refractivity contribution in [1.29, 1.82) is 0 Å². The smallest absolute Gasteiger partial charge is 0.243 e. The Morgan fingerprint density at radius 3 is 2.64 bits per heavy atom. The number of amides is 2. The average Bonchev–Trinajstić information content (AvgIpc) is 3.05. The van der Waals surface area contributed by atoms with Crippen LogP contribution in [0.3, 0.4) is 0 Å². The molecule has 0 spiro atoms. The minimum atomic E-state index is -0.318. The zero-order valence-corrected chi connectivity index (χ0v) is 16.2. The van der Waals surface area contributed by atoms with E-state index in [1.807, 2.05) is 23.1 Å². The maximum Gasteiger partial charge on any atom is 0.243 e. The van der Waals surface area contributed by atoms with Gasteiger partial charge in [0.05, 0.1) is 5.37 Å². The lowest BCUT2D eigenvalue weighted by molar-refractivity contribution is -0.139. The van der Waals surface area contributed by atoms with Crippen molar-refractivity contribution < 1.29 is 9.59 Å². The number of nitrogens with zero attached hydrogens (tertiary/aromatic N) is 1. The molecule has 1 aliphatic heterocycles. The molecule has 0 saturated carbocycles. The summed E-state index contributed by atoms with van der Waals surface area (Å²) < 4.78 is 0. The second-order valence-electron chi connectivity index (χ2n) is 6.52. The molecule has 25 heavy (non-hydrogen) atoms. The van der Waals surface area contributed by atoms with Gasteiger partial charge in [-0.1, -0.05) is 57.0 Å². The molecule has 2 unspecified atom stereocenters. The van der Waals surface area contributed by atoms with E-state index in [1.165, 1.54) is 5.56 Å². The Kier molecular flexibility index (Phi) is 8.32. The largest absolute Gasteiger partial charge is 0.354 e. The molecule has 0 bridgehead atoms. The van der Waals surface area contributed by atoms with E-state index in [9.17, 15) is 9.59 Å². The number of hydrogen-bond acceptors (Lipinski definition) is 3. The summed E-state index contributed by atoms with van der Waals surface area (Å²) in [5.41, 5.74) is 1.21. The average molecular weight is 363 g/mol. The number of nitrogens with one attached hydrogen (secondary N) is 1. The Labute approximate surface area is 155 Å². The van der Waals surface area contributed by atoms with Crippen molar-refractivity contribution in [1.82, 2.24) is 10.2 Å². The van der Waals surface area contributed by atoms with Crippen molar-refractivity contribution in [3.05, 3.63) is 35.9 Å². The molecule has 0 aliphatic carbocycles. The number of benzene rings is 1. The molecule has 1 N–H and O–H groups in total. The highest BCUT2D eigenvalue weighted by Crippen LogP contribution is 2.33. The molecule has 1 aromatic rings. The first-order valence-corrected chi connectivity index (χ1v) is 10.5. The lowest BCUT2D eigenvalue weighted by atomic mass is 10.1. The molecule has 1 fully saturated rings. The predicted octanol–water partition coefficient (Wildman–Crippen LogP) is 3.61. The van der Waals surface area contributed by atoms with Gasteiger partial charge in [-0.25, -0.2) is 0 Å². The topological polar surface area (TPSA) is 49.4 Å². The van der Waals surface area contributed by atoms with Gasteiger partial charge in [0, 0.05) is 18.7 Å². The van der Waals surface area contributed by atoms with Gasteiger partial charge in [-0.05, 0) is 24.8 Å². The summed E-state index contributed by atoms with van der Waals surface area (Å²) >= 11 is 1.75. The highest BCUT2D eigenvalue weighted by Gasteiger charge is 2.40. The molecule has 2 rings (SSSR count). The molecule has 5 heteroatoms. The first kappa shape index (κ1) is 19.8. The fourth-order valence-corrected chi connectivity index (χ4v) is 4.66. The molecule has 1 heterocycles. The minimum absolute atomic E-state index is 0.00752. The molecular formula is C20H30N2O2S. The van der Waals surface area contributed by atoms with E-state index in [4.69, 9.17) is 0 Å². The van der Waals surface area contributed by atoms with Crippen LogP contribution in [-0.4, -0.2) is 40.4 Å². The van der Waals surface area contributed by atoms with Crippen molar-refractivity contribution in [3.8, 4) is 0 Å². The van der Waals surface area contributed by atoms with Gasteiger partial charge in [0.25, 0.3) is 0 Å². The van der Waals surface area contributed by atoms with Crippen LogP contribution >= 0.6 is 11.8 Å². The third-order valence-corrected chi connectivity index (χ3v) is 5.87. The van der Waals surface area contributed by atoms with Crippen LogP contribution < -0.4 is 5.32 Å². The molecule has 0 radical (unpaired) electrons. The molecule has 1 saturated heterocycles. The quantitative estimate of drug-likeness (QED) is 0.730. The van der Waals surface area contributed by atoms with Crippen molar-refractivity contribution >= 4 is 23.6 Å². The molecule has 0 aromatic heterocycles. The van der Waals surface area contributed by atoms with Gasteiger partial charge in [-0.2, -0.15) is 0 Å². The van der Waals surface area contributed by atoms with E-state index >= 15 is 0 Å². The zero-order chi connectivity index (χ0) is 18.1. The third-order valence-electron chi connectivity index (χ3n) is 4.52. The summed E-state index contributed by atoms with van der Waals surface area (Å²) in [5.74, 6) is 0.833. The van der Waals surface area contributed by atoms with Gasteiger partial charge in [-0.3, -0.25) is 9.59 Å². The lowest BCUT2D eigenvalue weighted by Crippen LogP contribution is -2.50. The standard InChI is InChI=1S/C20H30N2O2S/c1-3-5-12-18(23)22-17(15-25-19(22)9-4-2)20(24)21-14-13-16-10-7-6-8-11-16/h6-8,10-11,17,19H,3-5,9,12-15H2,1-2H3,(H,21,24). The number of thioether (sulfide) groups is 1. The van der Waals surface area contributed by atoms with Gasteiger partial charge >= 0.3 is 0 Å². The summed E-state index contributed by atoms with van der Waals surface area (Å²) in [6.45, 7) is 4.82. The van der Waals surface area contributed by atoms with Crippen molar-refractivity contribution in [3.63, 3.8) is 0 Å². The Morgan fingerprint density at radius 1 is 1.20 bits per heavy atom. The van der Waals surface area contributed by atoms with Gasteiger partial charge in [-0.15, -0.1) is 11.8 Å². The van der Waals surface area contributed by atoms with E-state index in [0.29, 0.717) is 18.7 Å². The van der Waals surface area contributed by atoms with Crippen molar-refractivity contribution in [2.45, 2.75) is 63.8 Å². The molecular weight excluding hydrogens is 332 g/mol. The Hall–Kier alpha value is -1.49. The van der Waals surface area contributed by atoms with E-state index in [1.54, 1.807) is 11.8 Å². The molecule has 1 aliphatic rings. The molecule has 1 aromatic carbocycles. The normalized spacial score (nSPS) is 19.8. The van der Waals surface area contributed by atoms with E-state index in [0.717, 1.165) is 32.1 Å². The monoisotopic (exact) mass is 362 g/mol. The van der Waals surface area contributed by atoms with E-state index in [2.05, 4.69) is 31.3 Å². The van der Waals surface area contributed by atoms with Crippen LogP contribution in [-0.2, 0) is 16.0 Å². The minimum Gasteiger partial charge on any atom is -0.354 e. The maximum atomic E-state index is 12.7. The number of hydrogen-bond donors (Lipinski definition) is 1. The van der Waals surface area contributed by atoms with Crippen LogP contribution in [0, 0.1) is 0 Å². The van der Waals surface area contributed by atoms with Crippen LogP contribution in [0.4, 0.5) is 0 Å². The van der Waals surface area contributed by atoms with Crippen LogP contribution in [0.1, 0.15) is 51.5 Å². The van der Waals surface area contributed by atoms with Gasteiger partial charge in [0.2, 0.25) is 11.8 Å². The van der Waals surface area contributed by atoms with Crippen molar-refractivity contribution in [2.75, 3.05) is 12.3 Å². The summed E-state index contributed by atoms with van der Waals surface area (Å²) in [4.78, 5) is 27.2. The second kappa shape index (κ2) is 10.5. The summed E-state index contributed by atoms with van der Waals surface area (Å²) in [5, 5.41) is 3.18. The van der Waals surface area contributed by atoms with Gasteiger partial charge in [0.15, 0.2) is 0 Å². The lowest BCUT2D eigenvalue weighted by Gasteiger charge is -2.29. The van der Waals surface area contributed by atoms with Gasteiger partial charge in [0.1, 0.15) is 6.04 Å². The molecule has 2 atom stereocenters. The summed E-state index contributed by atoms with van der Waals surface area (Å²) in [6, 6.07) is 9.82. The van der Waals surface area contributed by atoms with Crippen LogP contribution in [0.2, 0.25) is 0 Å². The number of unbranched alkanes of at least 4 members (excludes halogenated alkanes) is 1. The van der Waals surface area contributed by atoms with Crippen LogP contribution in [0.15, 0.2) is 30.3 Å². The second-order valence-corrected chi connectivity index (χ2v) is 7.73. The first-order chi connectivity index (χ1) is 12.2. The van der Waals surface area contributed by atoms with Crippen molar-refractivity contribution in [2.24, 2.45) is 0 Å². The fourth-order valence-electron chi connectivity index (χ4n) is 3.12. The maximum absolute atomic E-state index is 12.7. The summed E-state index contributed by atoms with van der Waals surface area (Å²) in [7, 11) is 0. The Balaban J connectivity index is 1.92. The van der Waals surface area contributed by atoms with E-state index in [-0.39, 0.29) is 23.2 Å². The molecule has 138 valence electrons. The number of carbonyl (C=O) groups excluding carboxylic acids is 2. The predicted molar refractivity (Wildman–Crippen MR) is 104 cm³/mol. The van der Waals surface area contributed by atoms with E-state index < -0.39 is 0 Å². The van der Waals surface area contributed by atoms with Crippen LogP contribution in [0.5, 0.6) is 0 Å². The SMILES string of the molecule is CCCCC(=O)N1C(CCC)SCC1C(=O)NCCc1ccccc1. The van der Waals surface area contributed by atoms with Gasteiger partial charge < -0.3 is 10.2 Å². The number of rotatable bonds is 9. The number of carbonyl (C=O) groups is 2. The third kappa shape index (κ3) is 5.77. The highest BCUT2D eigenvalue weighted by molar-refractivity contribution is 8.00. The molecule has 2 amide bonds. The summed E-state index contributed by atoms with van der Waals surface area (Å²) in [6.07, 6.45) is 5.23. The Bertz CT molecular complexity index is 550. The zero-order valence-electron chi connectivity index (χ0n) is 15.4. The Morgan fingerprint density at radius 2 is 1.96 bits per heavy atom. The first-order valence-electron chi connectivity index (χ1n) is 9.41. The highest BCUT2D eigenvalue weighted by atomic mass is 32.2.